The van der Waals surface area contributed by atoms with Gasteiger partial charge in [0.05, 0.1) is 0 Å². The Morgan fingerprint density at radius 3 is 3.21 bits per heavy atom. The summed E-state index contributed by atoms with van der Waals surface area (Å²) in [6.07, 6.45) is 1.51. The molecule has 0 spiro atoms. The number of hydroxylamine groups is 1. The molecule has 14 heavy (non-hydrogen) atoms. The summed E-state index contributed by atoms with van der Waals surface area (Å²) in [5.41, 5.74) is 2.23. The van der Waals surface area contributed by atoms with Gasteiger partial charge in [0.2, 0.25) is 5.28 Å². The number of carbonyl (C=O) groups excluding carboxylic acids is 1. The predicted molar refractivity (Wildman–Crippen MR) is 48.5 cm³/mol. The number of amides is 1. The first-order chi connectivity index (χ1) is 6.75. The Morgan fingerprint density at radius 1 is 1.71 bits per heavy atom. The summed E-state index contributed by atoms with van der Waals surface area (Å²) in [6, 6.07) is 1.19. The first-order valence-electron chi connectivity index (χ1n) is 3.92. The van der Waals surface area contributed by atoms with Crippen molar-refractivity contribution in [3.8, 4) is 0 Å². The van der Waals surface area contributed by atoms with Gasteiger partial charge in [-0.05, 0) is 17.7 Å². The average Bonchev–Trinajstić information content (AvgIpc) is 2.52. The molecule has 0 saturated carbocycles. The number of nitrogens with one attached hydrogen (secondary N) is 2. The molecule has 2 heterocycles. The predicted octanol–water partition coefficient (Wildman–Crippen LogP) is -0.0281. The van der Waals surface area contributed by atoms with Crippen LogP contribution in [0.15, 0.2) is 12.3 Å². The monoisotopic (exact) mass is 214 g/mol. The third-order valence-corrected chi connectivity index (χ3v) is 1.87. The summed E-state index contributed by atoms with van der Waals surface area (Å²) in [5, 5.41) is 2.99. The van der Waals surface area contributed by atoms with E-state index >= 15 is 0 Å². The molecule has 1 unspecified atom stereocenters. The van der Waals surface area contributed by atoms with Gasteiger partial charge in [-0.15, -0.1) is 0 Å². The molecule has 1 aliphatic heterocycles. The van der Waals surface area contributed by atoms with E-state index in [9.17, 15) is 4.79 Å². The van der Waals surface area contributed by atoms with Crippen molar-refractivity contribution in [3.63, 3.8) is 0 Å². The van der Waals surface area contributed by atoms with Crippen LogP contribution in [-0.4, -0.2) is 28.5 Å². The first-order valence-corrected chi connectivity index (χ1v) is 4.30. The highest BCUT2D eigenvalue weighted by Crippen LogP contribution is 2.09. The number of rotatable bonds is 2. The number of anilines is 1. The van der Waals surface area contributed by atoms with Gasteiger partial charge >= 0.3 is 0 Å². The van der Waals surface area contributed by atoms with Crippen LogP contribution >= 0.6 is 11.6 Å². The third kappa shape index (κ3) is 1.91. The number of carbonyl (C=O) groups is 1. The number of nitrogens with zero attached hydrogens (tertiary/aromatic N) is 2. The van der Waals surface area contributed by atoms with Crippen molar-refractivity contribution in [2.24, 2.45) is 0 Å². The summed E-state index contributed by atoms with van der Waals surface area (Å²) in [6.45, 7) is 0.264. The molecule has 74 valence electrons. The Balaban J connectivity index is 2.07. The maximum absolute atomic E-state index is 11.1. The van der Waals surface area contributed by atoms with Gasteiger partial charge in [-0.2, -0.15) is 0 Å². The van der Waals surface area contributed by atoms with E-state index in [-0.39, 0.29) is 17.8 Å². The van der Waals surface area contributed by atoms with Crippen molar-refractivity contribution in [1.29, 1.82) is 0 Å². The minimum Gasteiger partial charge on any atom is -0.356 e. The molecule has 0 bridgehead atoms. The molecule has 0 radical (unpaired) electrons. The Hall–Kier alpha value is -1.40. The van der Waals surface area contributed by atoms with Crippen LogP contribution in [0.4, 0.5) is 5.82 Å². The molecular formula is C7H7ClN4O2. The van der Waals surface area contributed by atoms with Crippen molar-refractivity contribution in [1.82, 2.24) is 15.4 Å². The molecule has 1 aromatic rings. The Kier molecular flexibility index (Phi) is 2.47. The summed E-state index contributed by atoms with van der Waals surface area (Å²) >= 11 is 5.57. The quantitative estimate of drug-likeness (QED) is 0.677. The second-order valence-electron chi connectivity index (χ2n) is 2.69. The smallest absolute Gasteiger partial charge is 0.268 e. The van der Waals surface area contributed by atoms with Gasteiger partial charge in [-0.1, -0.05) is 0 Å². The average molecular weight is 215 g/mol. The highest BCUT2D eigenvalue weighted by atomic mass is 35.5. The molecule has 1 saturated heterocycles. The Morgan fingerprint density at radius 2 is 2.57 bits per heavy atom. The van der Waals surface area contributed by atoms with E-state index in [0.29, 0.717) is 5.82 Å². The van der Waals surface area contributed by atoms with Crippen LogP contribution in [0.1, 0.15) is 0 Å². The van der Waals surface area contributed by atoms with Gasteiger partial charge < -0.3 is 5.32 Å². The summed E-state index contributed by atoms with van der Waals surface area (Å²) in [7, 11) is 0. The van der Waals surface area contributed by atoms with Crippen LogP contribution in [0.3, 0.4) is 0 Å². The zero-order valence-corrected chi connectivity index (χ0v) is 7.78. The van der Waals surface area contributed by atoms with Crippen molar-refractivity contribution < 1.29 is 9.63 Å². The van der Waals surface area contributed by atoms with Crippen LogP contribution in [0, 0.1) is 0 Å². The lowest BCUT2D eigenvalue weighted by molar-refractivity contribution is -0.124. The standard InChI is InChI=1S/C7H7ClN4O2/c8-7-9-2-1-5(11-7)10-4-3-14-12-6(4)13/h1-2,4H,3H2,(H,12,13)(H,9,10,11). The fourth-order valence-corrected chi connectivity index (χ4v) is 1.19. The molecule has 6 nitrogen and oxygen atoms in total. The van der Waals surface area contributed by atoms with E-state index < -0.39 is 6.04 Å². The fraction of sp³-hybridized carbons (Fsp3) is 0.286. The van der Waals surface area contributed by atoms with Crippen LogP contribution in [0.25, 0.3) is 0 Å². The minimum atomic E-state index is -0.430. The van der Waals surface area contributed by atoms with E-state index in [2.05, 4.69) is 20.8 Å². The second-order valence-corrected chi connectivity index (χ2v) is 3.02. The largest absolute Gasteiger partial charge is 0.356 e. The van der Waals surface area contributed by atoms with E-state index in [0.717, 1.165) is 0 Å². The van der Waals surface area contributed by atoms with Crippen molar-refractivity contribution >= 4 is 23.3 Å². The van der Waals surface area contributed by atoms with Crippen LogP contribution in [-0.2, 0) is 9.63 Å². The van der Waals surface area contributed by atoms with Gasteiger partial charge in [0, 0.05) is 6.20 Å². The first kappa shape index (κ1) is 9.17. The molecule has 2 N–H and O–H groups in total. The SMILES string of the molecule is O=C1NOCC1Nc1ccnc(Cl)n1. The molecule has 7 heteroatoms. The fourth-order valence-electron chi connectivity index (χ4n) is 1.04. The van der Waals surface area contributed by atoms with E-state index in [1.807, 2.05) is 0 Å². The minimum absolute atomic E-state index is 0.134. The van der Waals surface area contributed by atoms with Gasteiger partial charge in [0.15, 0.2) is 0 Å². The maximum Gasteiger partial charge on any atom is 0.268 e. The summed E-state index contributed by atoms with van der Waals surface area (Å²) in [5.74, 6) is 0.274. The maximum atomic E-state index is 11.1. The lowest BCUT2D eigenvalue weighted by atomic mass is 10.3. The highest BCUT2D eigenvalue weighted by molar-refractivity contribution is 6.28. The molecule has 0 aromatic carbocycles. The lowest BCUT2D eigenvalue weighted by Gasteiger charge is -2.07. The number of aromatic nitrogens is 2. The van der Waals surface area contributed by atoms with E-state index in [1.165, 1.54) is 6.20 Å². The second kappa shape index (κ2) is 3.77. The van der Waals surface area contributed by atoms with E-state index in [1.54, 1.807) is 6.07 Å². The van der Waals surface area contributed by atoms with Gasteiger partial charge in [-0.25, -0.2) is 15.4 Å². The van der Waals surface area contributed by atoms with Crippen molar-refractivity contribution in [3.05, 3.63) is 17.5 Å². The molecule has 1 fully saturated rings. The van der Waals surface area contributed by atoms with Crippen molar-refractivity contribution in [2.75, 3.05) is 11.9 Å². The molecule has 2 rings (SSSR count). The lowest BCUT2D eigenvalue weighted by Crippen LogP contribution is -2.31. The highest BCUT2D eigenvalue weighted by Gasteiger charge is 2.25. The number of halogens is 1. The molecular weight excluding hydrogens is 208 g/mol. The number of hydrogen-bond donors (Lipinski definition) is 2. The van der Waals surface area contributed by atoms with E-state index in [4.69, 9.17) is 16.4 Å². The zero-order chi connectivity index (χ0) is 9.97. The molecule has 1 atom stereocenters. The number of hydrogen-bond acceptors (Lipinski definition) is 5. The molecule has 1 amide bonds. The van der Waals surface area contributed by atoms with Crippen LogP contribution in [0.2, 0.25) is 5.28 Å². The topological polar surface area (TPSA) is 76.1 Å². The summed E-state index contributed by atoms with van der Waals surface area (Å²) < 4.78 is 0. The molecule has 1 aromatic heterocycles. The normalized spacial score (nSPS) is 20.6. The summed E-state index contributed by atoms with van der Waals surface area (Å²) in [4.78, 5) is 23.4. The van der Waals surface area contributed by atoms with Crippen molar-refractivity contribution in [2.45, 2.75) is 6.04 Å². The van der Waals surface area contributed by atoms with Crippen LogP contribution < -0.4 is 10.8 Å². The van der Waals surface area contributed by atoms with Gasteiger partial charge in [0.1, 0.15) is 18.5 Å². The van der Waals surface area contributed by atoms with Gasteiger partial charge in [-0.3, -0.25) is 9.63 Å². The molecule has 1 aliphatic rings. The van der Waals surface area contributed by atoms with Gasteiger partial charge in [0.25, 0.3) is 5.91 Å². The van der Waals surface area contributed by atoms with Crippen LogP contribution in [0.5, 0.6) is 0 Å². The third-order valence-electron chi connectivity index (χ3n) is 1.69. The zero-order valence-electron chi connectivity index (χ0n) is 7.03. The Labute approximate surface area is 84.6 Å². The molecule has 0 aliphatic carbocycles. The Bertz CT molecular complexity index is 359.